The normalized spacial score (nSPS) is 16.1. The van der Waals surface area contributed by atoms with Crippen LogP contribution < -0.4 is 0 Å². The summed E-state index contributed by atoms with van der Waals surface area (Å²) in [5.41, 5.74) is 3.44. The van der Waals surface area contributed by atoms with Crippen LogP contribution >= 0.6 is 0 Å². The lowest BCUT2D eigenvalue weighted by Gasteiger charge is -2.27. The number of Topliss-reactive ketones (excluding diaryl/α,β-unsaturated/α-hetero) is 1. The molecule has 0 saturated heterocycles. The van der Waals surface area contributed by atoms with Crippen molar-refractivity contribution >= 4 is 5.78 Å². The zero-order chi connectivity index (χ0) is 16.1. The molecule has 0 aliphatic heterocycles. The lowest BCUT2D eigenvalue weighted by Crippen LogP contribution is -2.19. The van der Waals surface area contributed by atoms with Gasteiger partial charge in [-0.25, -0.2) is 4.98 Å². The molecule has 0 fully saturated rings. The lowest BCUT2D eigenvalue weighted by atomic mass is 9.87. The fourth-order valence-corrected chi connectivity index (χ4v) is 2.84. The van der Waals surface area contributed by atoms with E-state index in [1.165, 1.54) is 11.1 Å². The molecule has 0 radical (unpaired) electrons. The van der Waals surface area contributed by atoms with Crippen molar-refractivity contribution in [3.05, 3.63) is 63.7 Å². The second-order valence-electron chi connectivity index (χ2n) is 5.09. The van der Waals surface area contributed by atoms with Gasteiger partial charge in [-0.05, 0) is 30.4 Å². The summed E-state index contributed by atoms with van der Waals surface area (Å²) in [4.78, 5) is 24.1. The first-order chi connectivity index (χ1) is 10.5. The Balaban J connectivity index is 0.000000396. The summed E-state index contributed by atoms with van der Waals surface area (Å²) in [6.45, 7) is 1.60. The Morgan fingerprint density at radius 1 is 1.45 bits per heavy atom. The fourth-order valence-electron chi connectivity index (χ4n) is 2.84. The standard InChI is InChI=1S/C15H16N2O.HNO3/c1-11(18)15-9-16-10-17(15)14-8-4-6-12-5-2-3-7-13(12)14;2-1(3)4/h2-3,5,7,9-10,14H,4,6,8H2,1H3;(H,2,3,4). The fraction of sp³-hybridized carbons (Fsp3) is 0.333. The number of carbonyl (C=O) groups is 1. The number of fused-ring (bicyclic) bond motifs is 1. The maximum atomic E-state index is 11.6. The Morgan fingerprint density at radius 3 is 2.82 bits per heavy atom. The first kappa shape index (κ1) is 15.7. The highest BCUT2D eigenvalue weighted by Gasteiger charge is 2.23. The number of hydrogen-bond acceptors (Lipinski definition) is 4. The number of ketones is 1. The van der Waals surface area contributed by atoms with Crippen LogP contribution in [0, 0.1) is 10.1 Å². The zero-order valence-corrected chi connectivity index (χ0v) is 12.2. The second kappa shape index (κ2) is 6.84. The monoisotopic (exact) mass is 303 g/mol. The smallest absolute Gasteiger partial charge is 0.291 e. The molecule has 7 nitrogen and oxygen atoms in total. The summed E-state index contributed by atoms with van der Waals surface area (Å²) in [7, 11) is 0. The van der Waals surface area contributed by atoms with Crippen LogP contribution in [-0.2, 0) is 6.42 Å². The summed E-state index contributed by atoms with van der Waals surface area (Å²) < 4.78 is 2.03. The Labute approximate surface area is 127 Å². The number of aryl methyl sites for hydroxylation is 1. The quantitative estimate of drug-likeness (QED) is 0.522. The molecule has 1 atom stereocenters. The minimum atomic E-state index is -1.50. The van der Waals surface area contributed by atoms with E-state index in [-0.39, 0.29) is 11.8 Å². The van der Waals surface area contributed by atoms with E-state index >= 15 is 0 Å². The van der Waals surface area contributed by atoms with Gasteiger partial charge in [-0.3, -0.25) is 4.79 Å². The highest BCUT2D eigenvalue weighted by atomic mass is 16.9. The van der Waals surface area contributed by atoms with E-state index in [4.69, 9.17) is 15.3 Å². The Bertz CT molecular complexity index is 677. The molecule has 0 amide bonds. The Hall–Kier alpha value is -2.70. The van der Waals surface area contributed by atoms with Crippen molar-refractivity contribution in [1.82, 2.24) is 9.55 Å². The summed E-state index contributed by atoms with van der Waals surface area (Å²) in [5.74, 6) is 0.0792. The van der Waals surface area contributed by atoms with Crippen LogP contribution in [0.1, 0.15) is 47.4 Å². The molecule has 1 aliphatic rings. The van der Waals surface area contributed by atoms with Gasteiger partial charge in [0.1, 0.15) is 5.69 Å². The number of benzene rings is 1. The van der Waals surface area contributed by atoms with Gasteiger partial charge in [0.05, 0.1) is 18.6 Å². The average Bonchev–Trinajstić information content (AvgIpc) is 2.95. The first-order valence-electron chi connectivity index (χ1n) is 6.94. The highest BCUT2D eigenvalue weighted by molar-refractivity contribution is 5.92. The molecular formula is C15H17N3O4. The van der Waals surface area contributed by atoms with Gasteiger partial charge < -0.3 is 9.77 Å². The maximum Gasteiger partial charge on any atom is 0.291 e. The van der Waals surface area contributed by atoms with Crippen LogP contribution in [0.3, 0.4) is 0 Å². The molecule has 1 aromatic heterocycles. The first-order valence-corrected chi connectivity index (χ1v) is 6.94. The van der Waals surface area contributed by atoms with Crippen molar-refractivity contribution in [2.45, 2.75) is 32.2 Å². The summed E-state index contributed by atoms with van der Waals surface area (Å²) in [6, 6.07) is 8.77. The van der Waals surface area contributed by atoms with Crippen molar-refractivity contribution < 1.29 is 15.1 Å². The number of nitrogens with zero attached hydrogens (tertiary/aromatic N) is 3. The number of carbonyl (C=O) groups excluding carboxylic acids is 1. The summed E-state index contributed by atoms with van der Waals surface area (Å²) in [6.07, 6.45) is 6.82. The molecule has 1 aliphatic carbocycles. The molecule has 1 aromatic carbocycles. The third-order valence-corrected chi connectivity index (χ3v) is 3.70. The molecule has 1 N–H and O–H groups in total. The van der Waals surface area contributed by atoms with Crippen LogP contribution in [-0.4, -0.2) is 25.6 Å². The van der Waals surface area contributed by atoms with Crippen LogP contribution in [0.25, 0.3) is 0 Å². The van der Waals surface area contributed by atoms with Crippen molar-refractivity contribution in [1.29, 1.82) is 0 Å². The topological polar surface area (TPSA) is 98.3 Å². The van der Waals surface area contributed by atoms with E-state index in [1.54, 1.807) is 19.4 Å². The summed E-state index contributed by atoms with van der Waals surface area (Å²) >= 11 is 0. The van der Waals surface area contributed by atoms with Crippen molar-refractivity contribution in [2.75, 3.05) is 0 Å². The molecule has 0 bridgehead atoms. The zero-order valence-electron chi connectivity index (χ0n) is 12.2. The Kier molecular flexibility index (Phi) is 4.88. The number of rotatable bonds is 2. The van der Waals surface area contributed by atoms with E-state index in [1.807, 2.05) is 4.57 Å². The molecule has 1 heterocycles. The SMILES string of the molecule is CC(=O)c1cncn1C1CCCc2ccccc21.O=[N+]([O-])O. The molecule has 116 valence electrons. The van der Waals surface area contributed by atoms with Gasteiger partial charge in [0.15, 0.2) is 5.78 Å². The van der Waals surface area contributed by atoms with Crippen LogP contribution in [0.5, 0.6) is 0 Å². The van der Waals surface area contributed by atoms with E-state index < -0.39 is 5.09 Å². The molecule has 0 spiro atoms. The summed E-state index contributed by atoms with van der Waals surface area (Å²) in [5, 5.41) is 13.6. The van der Waals surface area contributed by atoms with E-state index in [9.17, 15) is 4.79 Å². The van der Waals surface area contributed by atoms with Gasteiger partial charge in [0.25, 0.3) is 5.09 Å². The molecule has 1 unspecified atom stereocenters. The number of hydrogen-bond donors (Lipinski definition) is 1. The van der Waals surface area contributed by atoms with Gasteiger partial charge in [-0.1, -0.05) is 24.3 Å². The predicted molar refractivity (Wildman–Crippen MR) is 78.5 cm³/mol. The largest absolute Gasteiger partial charge is 0.328 e. The van der Waals surface area contributed by atoms with Crippen molar-refractivity contribution in [3.63, 3.8) is 0 Å². The Morgan fingerprint density at radius 2 is 2.14 bits per heavy atom. The molecular weight excluding hydrogens is 286 g/mol. The minimum absolute atomic E-state index is 0.0792. The predicted octanol–water partition coefficient (Wildman–Crippen LogP) is 2.66. The molecule has 2 aromatic rings. The number of imidazole rings is 1. The van der Waals surface area contributed by atoms with E-state index in [0.29, 0.717) is 5.69 Å². The second-order valence-corrected chi connectivity index (χ2v) is 5.09. The van der Waals surface area contributed by atoms with Gasteiger partial charge in [0.2, 0.25) is 0 Å². The molecule has 3 rings (SSSR count). The minimum Gasteiger partial charge on any atom is -0.328 e. The van der Waals surface area contributed by atoms with Crippen LogP contribution in [0.4, 0.5) is 0 Å². The van der Waals surface area contributed by atoms with Crippen molar-refractivity contribution in [2.24, 2.45) is 0 Å². The van der Waals surface area contributed by atoms with Gasteiger partial charge >= 0.3 is 0 Å². The van der Waals surface area contributed by atoms with Gasteiger partial charge in [0, 0.05) is 6.92 Å². The van der Waals surface area contributed by atoms with Crippen molar-refractivity contribution in [3.8, 4) is 0 Å². The van der Waals surface area contributed by atoms with Crippen LogP contribution in [0.2, 0.25) is 0 Å². The maximum absolute atomic E-state index is 11.6. The van der Waals surface area contributed by atoms with Crippen LogP contribution in [0.15, 0.2) is 36.8 Å². The lowest BCUT2D eigenvalue weighted by molar-refractivity contribution is -0.742. The average molecular weight is 303 g/mol. The highest BCUT2D eigenvalue weighted by Crippen LogP contribution is 2.33. The number of aromatic nitrogens is 2. The van der Waals surface area contributed by atoms with E-state index in [0.717, 1.165) is 19.3 Å². The molecule has 0 saturated carbocycles. The van der Waals surface area contributed by atoms with Gasteiger partial charge in [-0.2, -0.15) is 0 Å². The molecule has 7 heteroatoms. The van der Waals surface area contributed by atoms with E-state index in [2.05, 4.69) is 29.2 Å². The third kappa shape index (κ3) is 3.49. The third-order valence-electron chi connectivity index (χ3n) is 3.70. The van der Waals surface area contributed by atoms with Gasteiger partial charge in [-0.15, -0.1) is 10.1 Å². The molecule has 22 heavy (non-hydrogen) atoms.